The van der Waals surface area contributed by atoms with Crippen LogP contribution in [0, 0.1) is 12.8 Å². The highest BCUT2D eigenvalue weighted by atomic mass is 16.5. The number of hydrogen-bond acceptors (Lipinski definition) is 5. The van der Waals surface area contributed by atoms with Gasteiger partial charge in [0.25, 0.3) is 11.8 Å². The van der Waals surface area contributed by atoms with Crippen LogP contribution in [0.2, 0.25) is 0 Å². The number of rotatable bonds is 7. The Morgan fingerprint density at radius 2 is 1.84 bits per heavy atom. The number of carbonyl (C=O) groups is 2. The molecule has 0 spiro atoms. The predicted molar refractivity (Wildman–Crippen MR) is 172 cm³/mol. The van der Waals surface area contributed by atoms with Crippen molar-refractivity contribution in [2.75, 3.05) is 33.3 Å². The lowest BCUT2D eigenvalue weighted by molar-refractivity contribution is -0.142. The van der Waals surface area contributed by atoms with Crippen LogP contribution in [0.4, 0.5) is 0 Å². The van der Waals surface area contributed by atoms with E-state index in [1.165, 1.54) is 29.3 Å². The maximum atomic E-state index is 13.3. The second-order valence-electron chi connectivity index (χ2n) is 13.2. The van der Waals surface area contributed by atoms with Crippen molar-refractivity contribution in [2.24, 2.45) is 11.7 Å². The molecule has 0 unspecified atom stereocenters. The number of aromatic nitrogens is 3. The Morgan fingerprint density at radius 3 is 2.57 bits per heavy atom. The smallest absolute Gasteiger partial charge is 0.255 e. The van der Waals surface area contributed by atoms with Gasteiger partial charge in [-0.3, -0.25) is 9.59 Å². The highest BCUT2D eigenvalue weighted by molar-refractivity contribution is 5.95. The molecule has 2 aliphatic heterocycles. The molecule has 232 valence electrons. The molecule has 1 saturated carbocycles. The van der Waals surface area contributed by atoms with E-state index in [9.17, 15) is 9.59 Å². The van der Waals surface area contributed by atoms with Crippen LogP contribution in [0.1, 0.15) is 72.9 Å². The van der Waals surface area contributed by atoms with Gasteiger partial charge in [-0.1, -0.05) is 18.2 Å². The van der Waals surface area contributed by atoms with Gasteiger partial charge in [0.05, 0.1) is 22.3 Å². The van der Waals surface area contributed by atoms with E-state index >= 15 is 0 Å². The Hall–Kier alpha value is -3.69. The van der Waals surface area contributed by atoms with Crippen LogP contribution in [0.3, 0.4) is 0 Å². The molecular formula is C35H44N6O3. The Kier molecular flexibility index (Phi) is 7.70. The topological polar surface area (TPSA) is 98.1 Å². The lowest BCUT2D eigenvalue weighted by atomic mass is 9.88. The number of benzene rings is 1. The standard InChI is InChI=1S/C35H44N6O3/c1-22-30-12-11-27(35(43)39-15-5-7-28(36)21-39)20-41(30)37-32(22)31-18-26-6-4-8-29(33(26)40(31)19-24-9-10-24)25-13-16-38(17-14-25)34(42)23(2)44-3/h4,6,8,11-12,18,20,23-25,28H,5,7,9-10,13-17,19,21,36H2,1-3H3/t23-,28+/m0/s1. The number of nitrogens with two attached hydrogens (primary N) is 1. The minimum absolute atomic E-state index is 0.0219. The average Bonchev–Trinajstić information content (AvgIpc) is 3.72. The number of aryl methyl sites for hydroxylation is 1. The first-order chi connectivity index (χ1) is 21.3. The Bertz CT molecular complexity index is 1710. The number of likely N-dealkylation sites (tertiary alicyclic amines) is 2. The predicted octanol–water partition coefficient (Wildman–Crippen LogP) is 4.98. The first-order valence-electron chi connectivity index (χ1n) is 16.3. The van der Waals surface area contributed by atoms with Crippen LogP contribution < -0.4 is 5.73 Å². The zero-order valence-corrected chi connectivity index (χ0v) is 26.2. The average molecular weight is 597 g/mol. The Labute approximate surface area is 258 Å². The number of para-hydroxylation sites is 1. The molecule has 2 saturated heterocycles. The van der Waals surface area contributed by atoms with Crippen molar-refractivity contribution in [3.05, 3.63) is 59.3 Å². The molecule has 3 aliphatic rings. The van der Waals surface area contributed by atoms with Gasteiger partial charge in [-0.05, 0) is 88.0 Å². The number of methoxy groups -OCH3 is 1. The molecule has 4 aromatic rings. The second kappa shape index (κ2) is 11.7. The molecule has 2 amide bonds. The molecule has 2 atom stereocenters. The van der Waals surface area contributed by atoms with Crippen LogP contribution >= 0.6 is 0 Å². The second-order valence-corrected chi connectivity index (χ2v) is 13.2. The van der Waals surface area contributed by atoms with E-state index in [1.54, 1.807) is 7.11 Å². The maximum absolute atomic E-state index is 13.3. The number of fused-ring (bicyclic) bond motifs is 2. The third kappa shape index (κ3) is 5.30. The van der Waals surface area contributed by atoms with Crippen LogP contribution in [-0.4, -0.2) is 81.2 Å². The number of pyridine rings is 1. The van der Waals surface area contributed by atoms with E-state index in [4.69, 9.17) is 15.6 Å². The van der Waals surface area contributed by atoms with Crippen LogP contribution in [0.25, 0.3) is 27.8 Å². The van der Waals surface area contributed by atoms with Gasteiger partial charge in [0.1, 0.15) is 11.8 Å². The van der Waals surface area contributed by atoms with Gasteiger partial charge in [-0.25, -0.2) is 4.52 Å². The summed E-state index contributed by atoms with van der Waals surface area (Å²) in [6, 6.07) is 13.0. The Balaban J connectivity index is 1.24. The van der Waals surface area contributed by atoms with Gasteiger partial charge < -0.3 is 24.8 Å². The number of piperidine rings is 2. The maximum Gasteiger partial charge on any atom is 0.255 e. The number of carbonyl (C=O) groups excluding carboxylic acids is 2. The van der Waals surface area contributed by atoms with Gasteiger partial charge in [0, 0.05) is 63.0 Å². The molecule has 1 aliphatic carbocycles. The molecule has 1 aromatic carbocycles. The lowest BCUT2D eigenvalue weighted by Gasteiger charge is -2.34. The summed E-state index contributed by atoms with van der Waals surface area (Å²) in [5.74, 6) is 1.17. The van der Waals surface area contributed by atoms with Crippen LogP contribution in [0.15, 0.2) is 42.6 Å². The fourth-order valence-electron chi connectivity index (χ4n) is 7.32. The monoisotopic (exact) mass is 596 g/mol. The molecule has 9 heteroatoms. The molecule has 3 fully saturated rings. The highest BCUT2D eigenvalue weighted by Gasteiger charge is 2.31. The quantitative estimate of drug-likeness (QED) is 0.325. The molecule has 7 rings (SSSR count). The summed E-state index contributed by atoms with van der Waals surface area (Å²) >= 11 is 0. The minimum atomic E-state index is -0.403. The molecule has 0 radical (unpaired) electrons. The summed E-state index contributed by atoms with van der Waals surface area (Å²) in [5, 5.41) is 6.34. The van der Waals surface area contributed by atoms with Crippen molar-refractivity contribution in [2.45, 2.75) is 77.0 Å². The minimum Gasteiger partial charge on any atom is -0.372 e. The van der Waals surface area contributed by atoms with Crippen molar-refractivity contribution in [1.29, 1.82) is 0 Å². The molecule has 9 nitrogen and oxygen atoms in total. The number of nitrogens with zero attached hydrogens (tertiary/aromatic N) is 5. The summed E-state index contributed by atoms with van der Waals surface area (Å²) in [6.07, 6.45) is 7.79. The first-order valence-corrected chi connectivity index (χ1v) is 16.3. The van der Waals surface area contributed by atoms with E-state index in [-0.39, 0.29) is 17.9 Å². The van der Waals surface area contributed by atoms with E-state index in [1.807, 2.05) is 39.6 Å². The van der Waals surface area contributed by atoms with Gasteiger partial charge in [-0.2, -0.15) is 5.10 Å². The van der Waals surface area contributed by atoms with E-state index < -0.39 is 6.10 Å². The summed E-state index contributed by atoms with van der Waals surface area (Å²) in [6.45, 7) is 7.79. The zero-order valence-electron chi connectivity index (χ0n) is 26.2. The molecule has 44 heavy (non-hydrogen) atoms. The van der Waals surface area contributed by atoms with E-state index in [0.29, 0.717) is 23.9 Å². The third-order valence-corrected chi connectivity index (χ3v) is 10.1. The van der Waals surface area contributed by atoms with Crippen molar-refractivity contribution < 1.29 is 14.3 Å². The lowest BCUT2D eigenvalue weighted by Crippen LogP contribution is -2.45. The van der Waals surface area contributed by atoms with E-state index in [2.05, 4.69) is 35.8 Å². The fraction of sp³-hybridized carbons (Fsp3) is 0.514. The molecular weight excluding hydrogens is 552 g/mol. The summed E-state index contributed by atoms with van der Waals surface area (Å²) in [4.78, 5) is 29.9. The molecule has 3 aromatic heterocycles. The Morgan fingerprint density at radius 1 is 1.05 bits per heavy atom. The number of ether oxygens (including phenoxy) is 1. The summed E-state index contributed by atoms with van der Waals surface area (Å²) in [5.41, 5.74) is 13.7. The first kappa shape index (κ1) is 29.0. The normalized spacial score (nSPS) is 20.5. The summed E-state index contributed by atoms with van der Waals surface area (Å²) in [7, 11) is 1.59. The van der Waals surface area contributed by atoms with Crippen LogP contribution in [0.5, 0.6) is 0 Å². The number of hydrogen-bond donors (Lipinski definition) is 1. The van der Waals surface area contributed by atoms with Gasteiger partial charge in [0.15, 0.2) is 0 Å². The van der Waals surface area contributed by atoms with Gasteiger partial charge in [-0.15, -0.1) is 0 Å². The van der Waals surface area contributed by atoms with Crippen molar-refractivity contribution in [3.63, 3.8) is 0 Å². The van der Waals surface area contributed by atoms with E-state index in [0.717, 1.165) is 74.3 Å². The van der Waals surface area contributed by atoms with Crippen molar-refractivity contribution in [3.8, 4) is 11.4 Å². The van der Waals surface area contributed by atoms with Gasteiger partial charge in [0.2, 0.25) is 0 Å². The SMILES string of the molecule is CO[C@@H](C)C(=O)N1CCC(c2cccc3cc(-c4nn5cc(C(=O)N6CCC[C@@H](N)C6)ccc5c4C)n(CC4CC4)c23)CC1. The van der Waals surface area contributed by atoms with Crippen molar-refractivity contribution in [1.82, 2.24) is 24.0 Å². The van der Waals surface area contributed by atoms with Crippen LogP contribution in [-0.2, 0) is 16.1 Å². The third-order valence-electron chi connectivity index (χ3n) is 10.1. The van der Waals surface area contributed by atoms with Gasteiger partial charge >= 0.3 is 0 Å². The molecule has 2 N–H and O–H groups in total. The number of amides is 2. The highest BCUT2D eigenvalue weighted by Crippen LogP contribution is 2.41. The zero-order chi connectivity index (χ0) is 30.5. The largest absolute Gasteiger partial charge is 0.372 e. The van der Waals surface area contributed by atoms with Crippen molar-refractivity contribution >= 4 is 28.2 Å². The fourth-order valence-corrected chi connectivity index (χ4v) is 7.32. The molecule has 0 bridgehead atoms. The molecule has 5 heterocycles. The summed E-state index contributed by atoms with van der Waals surface area (Å²) < 4.78 is 9.69.